The standard InChI is InChI=1S/C14H8N2O3S2/c17-8-9-5-6-13(11(7-9)16(18)19)21-14-15-10-3-1-2-4-12(10)20-14/h1-8H. The number of para-hydroxylation sites is 1. The molecule has 0 spiro atoms. The molecule has 0 bridgehead atoms. The van der Waals surface area contributed by atoms with E-state index in [1.54, 1.807) is 12.1 Å². The van der Waals surface area contributed by atoms with Crippen LogP contribution >= 0.6 is 23.1 Å². The highest BCUT2D eigenvalue weighted by molar-refractivity contribution is 8.01. The maximum Gasteiger partial charge on any atom is 0.284 e. The molecular weight excluding hydrogens is 308 g/mol. The number of carbonyl (C=O) groups excluding carboxylic acids is 1. The first-order valence-electron chi connectivity index (χ1n) is 5.94. The molecule has 0 saturated carbocycles. The van der Waals surface area contributed by atoms with Gasteiger partial charge in [0.2, 0.25) is 0 Å². The fourth-order valence-electron chi connectivity index (χ4n) is 1.83. The molecule has 0 radical (unpaired) electrons. The van der Waals surface area contributed by atoms with Crippen molar-refractivity contribution in [2.75, 3.05) is 0 Å². The second-order valence-corrected chi connectivity index (χ2v) is 6.47. The smallest absolute Gasteiger partial charge is 0.284 e. The van der Waals surface area contributed by atoms with E-state index < -0.39 is 4.92 Å². The average Bonchev–Trinajstić information content (AvgIpc) is 2.89. The fourth-order valence-corrected chi connectivity index (χ4v) is 3.93. The van der Waals surface area contributed by atoms with Crippen molar-refractivity contribution in [1.82, 2.24) is 4.98 Å². The van der Waals surface area contributed by atoms with Gasteiger partial charge in [-0.05, 0) is 18.2 Å². The molecule has 0 aliphatic carbocycles. The molecule has 0 unspecified atom stereocenters. The van der Waals surface area contributed by atoms with Crippen LogP contribution in [-0.4, -0.2) is 16.2 Å². The molecular formula is C14H8N2O3S2. The largest absolute Gasteiger partial charge is 0.298 e. The lowest BCUT2D eigenvalue weighted by atomic mass is 10.2. The third kappa shape index (κ3) is 2.79. The van der Waals surface area contributed by atoms with Crippen molar-refractivity contribution >= 4 is 45.3 Å². The minimum Gasteiger partial charge on any atom is -0.298 e. The predicted molar refractivity (Wildman–Crippen MR) is 82.2 cm³/mol. The van der Waals surface area contributed by atoms with Crippen molar-refractivity contribution in [2.24, 2.45) is 0 Å². The molecule has 0 aliphatic heterocycles. The van der Waals surface area contributed by atoms with Gasteiger partial charge in [-0.3, -0.25) is 14.9 Å². The Bertz CT molecular complexity index is 812. The minimum atomic E-state index is -0.483. The number of aromatic nitrogens is 1. The van der Waals surface area contributed by atoms with E-state index in [0.717, 1.165) is 14.6 Å². The van der Waals surface area contributed by atoms with Crippen molar-refractivity contribution in [3.8, 4) is 0 Å². The topological polar surface area (TPSA) is 73.1 Å². The van der Waals surface area contributed by atoms with Gasteiger partial charge in [-0.15, -0.1) is 11.3 Å². The van der Waals surface area contributed by atoms with E-state index in [2.05, 4.69) is 4.98 Å². The number of nitro benzene ring substituents is 1. The predicted octanol–water partition coefficient (Wildman–Crippen LogP) is 4.17. The number of fused-ring (bicyclic) bond motifs is 1. The molecule has 2 aromatic carbocycles. The molecule has 0 saturated heterocycles. The van der Waals surface area contributed by atoms with Crippen molar-refractivity contribution < 1.29 is 9.72 Å². The Morgan fingerprint density at radius 3 is 2.76 bits per heavy atom. The van der Waals surface area contributed by atoms with Crippen molar-refractivity contribution in [3.63, 3.8) is 0 Å². The van der Waals surface area contributed by atoms with Crippen LogP contribution in [0.1, 0.15) is 10.4 Å². The van der Waals surface area contributed by atoms with E-state index in [9.17, 15) is 14.9 Å². The summed E-state index contributed by atoms with van der Waals surface area (Å²) in [6.45, 7) is 0. The quantitative estimate of drug-likeness (QED) is 0.410. The molecule has 0 N–H and O–H groups in total. The Morgan fingerprint density at radius 1 is 1.24 bits per heavy atom. The lowest BCUT2D eigenvalue weighted by Crippen LogP contribution is -1.92. The highest BCUT2D eigenvalue weighted by Gasteiger charge is 2.17. The molecule has 0 fully saturated rings. The second-order valence-electron chi connectivity index (χ2n) is 4.15. The van der Waals surface area contributed by atoms with Crippen molar-refractivity contribution in [3.05, 3.63) is 58.1 Å². The Balaban J connectivity index is 2.00. The van der Waals surface area contributed by atoms with E-state index in [0.29, 0.717) is 11.2 Å². The number of hydrogen-bond donors (Lipinski definition) is 0. The lowest BCUT2D eigenvalue weighted by Gasteiger charge is -2.00. The summed E-state index contributed by atoms with van der Waals surface area (Å²) in [5, 5.41) is 11.1. The van der Waals surface area contributed by atoms with Crippen LogP contribution in [0.4, 0.5) is 5.69 Å². The van der Waals surface area contributed by atoms with Gasteiger partial charge in [0.15, 0.2) is 4.34 Å². The Labute approximate surface area is 127 Å². The van der Waals surface area contributed by atoms with Crippen LogP contribution in [0.5, 0.6) is 0 Å². The van der Waals surface area contributed by atoms with Crippen LogP contribution < -0.4 is 0 Å². The van der Waals surface area contributed by atoms with E-state index >= 15 is 0 Å². The molecule has 21 heavy (non-hydrogen) atoms. The molecule has 0 amide bonds. The van der Waals surface area contributed by atoms with Gasteiger partial charge >= 0.3 is 0 Å². The molecule has 7 heteroatoms. The normalized spacial score (nSPS) is 10.7. The van der Waals surface area contributed by atoms with Crippen molar-refractivity contribution in [1.29, 1.82) is 0 Å². The van der Waals surface area contributed by atoms with Gasteiger partial charge in [0.05, 0.1) is 20.0 Å². The first-order chi connectivity index (χ1) is 10.2. The highest BCUT2D eigenvalue weighted by Crippen LogP contribution is 2.38. The molecule has 0 aliphatic rings. The van der Waals surface area contributed by atoms with Crippen LogP contribution in [0.3, 0.4) is 0 Å². The zero-order valence-electron chi connectivity index (χ0n) is 10.6. The molecule has 5 nitrogen and oxygen atoms in total. The third-order valence-corrected chi connectivity index (χ3v) is 4.95. The maximum atomic E-state index is 11.1. The van der Waals surface area contributed by atoms with E-state index in [1.165, 1.54) is 29.2 Å². The lowest BCUT2D eigenvalue weighted by molar-refractivity contribution is -0.387. The number of benzene rings is 2. The number of nitrogens with zero attached hydrogens (tertiary/aromatic N) is 2. The number of nitro groups is 1. The van der Waals surface area contributed by atoms with E-state index in [-0.39, 0.29) is 11.3 Å². The zero-order valence-corrected chi connectivity index (χ0v) is 12.2. The molecule has 3 rings (SSSR count). The summed E-state index contributed by atoms with van der Waals surface area (Å²) in [5.74, 6) is 0. The van der Waals surface area contributed by atoms with Gasteiger partial charge < -0.3 is 0 Å². The maximum absolute atomic E-state index is 11.1. The van der Waals surface area contributed by atoms with Gasteiger partial charge in [-0.25, -0.2) is 4.98 Å². The Kier molecular flexibility index (Phi) is 3.68. The van der Waals surface area contributed by atoms with Crippen LogP contribution in [0, 0.1) is 10.1 Å². The van der Waals surface area contributed by atoms with Gasteiger partial charge in [0.1, 0.15) is 6.29 Å². The second kappa shape index (κ2) is 5.63. The monoisotopic (exact) mass is 316 g/mol. The summed E-state index contributed by atoms with van der Waals surface area (Å²) >= 11 is 2.72. The van der Waals surface area contributed by atoms with E-state index in [4.69, 9.17) is 0 Å². The fraction of sp³-hybridized carbons (Fsp3) is 0. The summed E-state index contributed by atoms with van der Waals surface area (Å²) in [7, 11) is 0. The molecule has 0 atom stereocenters. The number of carbonyl (C=O) groups is 1. The summed E-state index contributed by atoms with van der Waals surface area (Å²) in [6, 6.07) is 12.1. The van der Waals surface area contributed by atoms with Gasteiger partial charge in [0, 0.05) is 11.6 Å². The number of thiazole rings is 1. The first-order valence-corrected chi connectivity index (χ1v) is 7.58. The third-order valence-electron chi connectivity index (χ3n) is 2.79. The Morgan fingerprint density at radius 2 is 2.05 bits per heavy atom. The number of aldehydes is 1. The minimum absolute atomic E-state index is 0.0798. The van der Waals surface area contributed by atoms with Crippen LogP contribution in [0.15, 0.2) is 51.7 Å². The molecule has 1 heterocycles. The summed E-state index contributed by atoms with van der Waals surface area (Å²) in [5.41, 5.74) is 1.08. The number of hydrogen-bond acceptors (Lipinski definition) is 6. The summed E-state index contributed by atoms with van der Waals surface area (Å²) < 4.78 is 1.77. The summed E-state index contributed by atoms with van der Waals surface area (Å²) in [6.07, 6.45) is 0.596. The Hall–Kier alpha value is -2.25. The van der Waals surface area contributed by atoms with Crippen LogP contribution in [0.2, 0.25) is 0 Å². The highest BCUT2D eigenvalue weighted by atomic mass is 32.2. The van der Waals surface area contributed by atoms with Crippen LogP contribution in [0.25, 0.3) is 10.2 Å². The van der Waals surface area contributed by atoms with Crippen LogP contribution in [-0.2, 0) is 0 Å². The van der Waals surface area contributed by atoms with Gasteiger partial charge in [-0.2, -0.15) is 0 Å². The number of rotatable bonds is 4. The SMILES string of the molecule is O=Cc1ccc(Sc2nc3ccccc3s2)c([N+](=O)[O-])c1. The average molecular weight is 316 g/mol. The van der Waals surface area contributed by atoms with Gasteiger partial charge in [-0.1, -0.05) is 30.0 Å². The van der Waals surface area contributed by atoms with Crippen molar-refractivity contribution in [2.45, 2.75) is 9.24 Å². The molecule has 3 aromatic rings. The summed E-state index contributed by atoms with van der Waals surface area (Å²) in [4.78, 5) is 26.3. The molecule has 1 aromatic heterocycles. The molecule has 104 valence electrons. The van der Waals surface area contributed by atoms with E-state index in [1.807, 2.05) is 24.3 Å². The van der Waals surface area contributed by atoms with Gasteiger partial charge in [0.25, 0.3) is 5.69 Å². The first kappa shape index (κ1) is 13.7. The zero-order chi connectivity index (χ0) is 14.8.